The highest BCUT2D eigenvalue weighted by Gasteiger charge is 2.09. The number of aryl methyl sites for hydroxylation is 2. The van der Waals surface area contributed by atoms with E-state index in [4.69, 9.17) is 4.42 Å². The van der Waals surface area contributed by atoms with Crippen molar-refractivity contribution in [2.45, 2.75) is 20.3 Å². The Balaban J connectivity index is 2.13. The number of oxazole rings is 1. The monoisotopic (exact) mass is 273 g/mol. The first-order valence-corrected chi connectivity index (χ1v) is 6.59. The molecule has 5 nitrogen and oxygen atoms in total. The van der Waals surface area contributed by atoms with Crippen LogP contribution < -0.4 is 10.6 Å². The maximum Gasteiger partial charge on any atom is 0.226 e. The average molecular weight is 273 g/mol. The molecule has 2 rings (SSSR count). The Morgan fingerprint density at radius 3 is 2.80 bits per heavy atom. The summed E-state index contributed by atoms with van der Waals surface area (Å²) in [5.41, 5.74) is 2.48. The molecule has 0 aliphatic carbocycles. The third-order valence-corrected chi connectivity index (χ3v) is 3.02. The second-order valence-electron chi connectivity index (χ2n) is 4.64. The first-order chi connectivity index (χ1) is 9.60. The lowest BCUT2D eigenvalue weighted by molar-refractivity contribution is -0.116. The molecule has 0 atom stereocenters. The fraction of sp³-hybridized carbons (Fsp3) is 0.333. The molecule has 0 aliphatic rings. The lowest BCUT2D eigenvalue weighted by Crippen LogP contribution is -2.18. The summed E-state index contributed by atoms with van der Waals surface area (Å²) in [5, 5.41) is 5.80. The number of benzene rings is 1. The normalized spacial score (nSPS) is 10.6. The topological polar surface area (TPSA) is 67.2 Å². The maximum absolute atomic E-state index is 11.7. The van der Waals surface area contributed by atoms with Crippen molar-refractivity contribution < 1.29 is 9.21 Å². The Hall–Kier alpha value is -2.14. The summed E-state index contributed by atoms with van der Waals surface area (Å²) in [5.74, 6) is 1.37. The Morgan fingerprint density at radius 1 is 1.35 bits per heavy atom. The fourth-order valence-electron chi connectivity index (χ4n) is 1.79. The second kappa shape index (κ2) is 6.34. The lowest BCUT2D eigenvalue weighted by Gasteiger charge is -2.06. The summed E-state index contributed by atoms with van der Waals surface area (Å²) in [6, 6.07) is 7.50. The number of anilines is 1. The van der Waals surface area contributed by atoms with Gasteiger partial charge in [-0.05, 0) is 39.1 Å². The van der Waals surface area contributed by atoms with E-state index >= 15 is 0 Å². The number of rotatable bonds is 5. The smallest absolute Gasteiger partial charge is 0.226 e. The van der Waals surface area contributed by atoms with E-state index in [1.165, 1.54) is 0 Å². The highest BCUT2D eigenvalue weighted by molar-refractivity contribution is 5.91. The summed E-state index contributed by atoms with van der Waals surface area (Å²) >= 11 is 0. The van der Waals surface area contributed by atoms with Crippen LogP contribution in [0.2, 0.25) is 0 Å². The largest absolute Gasteiger partial charge is 0.441 e. The Bertz CT molecular complexity index is 585. The Labute approximate surface area is 118 Å². The van der Waals surface area contributed by atoms with Gasteiger partial charge >= 0.3 is 0 Å². The number of hydrogen-bond donors (Lipinski definition) is 2. The van der Waals surface area contributed by atoms with E-state index < -0.39 is 0 Å². The van der Waals surface area contributed by atoms with Crippen LogP contribution in [0, 0.1) is 13.8 Å². The van der Waals surface area contributed by atoms with E-state index in [9.17, 15) is 4.79 Å². The number of carbonyl (C=O) groups excluding carboxylic acids is 1. The van der Waals surface area contributed by atoms with Gasteiger partial charge in [0.15, 0.2) is 0 Å². The summed E-state index contributed by atoms with van der Waals surface area (Å²) in [6.07, 6.45) is 0.442. The molecule has 0 unspecified atom stereocenters. The van der Waals surface area contributed by atoms with Crippen LogP contribution in [0.4, 0.5) is 5.69 Å². The van der Waals surface area contributed by atoms with Crippen LogP contribution in [0.15, 0.2) is 28.7 Å². The first-order valence-electron chi connectivity index (χ1n) is 6.59. The van der Waals surface area contributed by atoms with E-state index in [-0.39, 0.29) is 5.91 Å². The van der Waals surface area contributed by atoms with Gasteiger partial charge in [0, 0.05) is 24.2 Å². The van der Waals surface area contributed by atoms with E-state index in [0.29, 0.717) is 18.9 Å². The number of nitrogens with zero attached hydrogens (tertiary/aromatic N) is 1. The highest BCUT2D eigenvalue weighted by atomic mass is 16.4. The summed E-state index contributed by atoms with van der Waals surface area (Å²) < 4.78 is 5.59. The van der Waals surface area contributed by atoms with Crippen molar-refractivity contribution >= 4 is 11.6 Å². The molecule has 0 saturated carbocycles. The van der Waals surface area contributed by atoms with Crippen molar-refractivity contribution in [3.63, 3.8) is 0 Å². The van der Waals surface area contributed by atoms with Gasteiger partial charge in [-0.15, -0.1) is 0 Å². The average Bonchev–Trinajstić information content (AvgIpc) is 2.77. The number of hydrogen-bond acceptors (Lipinski definition) is 4. The zero-order chi connectivity index (χ0) is 14.5. The van der Waals surface area contributed by atoms with Crippen molar-refractivity contribution in [1.29, 1.82) is 0 Å². The third-order valence-electron chi connectivity index (χ3n) is 3.02. The minimum atomic E-state index is -0.0173. The summed E-state index contributed by atoms with van der Waals surface area (Å²) in [4.78, 5) is 16.0. The lowest BCUT2D eigenvalue weighted by atomic mass is 10.2. The van der Waals surface area contributed by atoms with Gasteiger partial charge in [-0.3, -0.25) is 4.79 Å². The van der Waals surface area contributed by atoms with Crippen LogP contribution in [0.3, 0.4) is 0 Å². The van der Waals surface area contributed by atoms with Crippen LogP contribution in [0.1, 0.15) is 17.9 Å². The van der Waals surface area contributed by atoms with Gasteiger partial charge in [-0.1, -0.05) is 6.07 Å². The van der Waals surface area contributed by atoms with Gasteiger partial charge in [0.25, 0.3) is 0 Å². The van der Waals surface area contributed by atoms with Crippen LogP contribution in [0.5, 0.6) is 0 Å². The van der Waals surface area contributed by atoms with Crippen molar-refractivity contribution in [2.75, 3.05) is 18.9 Å². The number of aromatic nitrogens is 1. The third kappa shape index (κ3) is 3.45. The van der Waals surface area contributed by atoms with Crippen LogP contribution >= 0.6 is 0 Å². The maximum atomic E-state index is 11.7. The highest BCUT2D eigenvalue weighted by Crippen LogP contribution is 2.24. The molecule has 0 aliphatic heterocycles. The van der Waals surface area contributed by atoms with Gasteiger partial charge in [0.2, 0.25) is 11.8 Å². The molecule has 0 spiro atoms. The molecular formula is C15H19N3O2. The molecule has 1 aromatic carbocycles. The molecule has 0 saturated heterocycles. The standard InChI is InChI=1S/C15H19N3O2/c1-10-11(2)20-15(17-10)12-5-4-6-13(9-12)18-14(19)7-8-16-3/h4-6,9,16H,7-8H2,1-3H3,(H,18,19). The molecule has 2 aromatic rings. The van der Waals surface area contributed by atoms with E-state index in [1.54, 1.807) is 0 Å². The second-order valence-corrected chi connectivity index (χ2v) is 4.64. The molecule has 20 heavy (non-hydrogen) atoms. The fourth-order valence-corrected chi connectivity index (χ4v) is 1.79. The molecule has 106 valence electrons. The van der Waals surface area contributed by atoms with Gasteiger partial charge in [-0.25, -0.2) is 4.98 Å². The molecular weight excluding hydrogens is 254 g/mol. The molecule has 2 N–H and O–H groups in total. The molecule has 1 heterocycles. The molecule has 0 bridgehead atoms. The van der Waals surface area contributed by atoms with Crippen molar-refractivity contribution in [2.24, 2.45) is 0 Å². The van der Waals surface area contributed by atoms with Gasteiger partial charge in [0.1, 0.15) is 5.76 Å². The van der Waals surface area contributed by atoms with Crippen molar-refractivity contribution in [3.05, 3.63) is 35.7 Å². The van der Waals surface area contributed by atoms with Crippen molar-refractivity contribution in [1.82, 2.24) is 10.3 Å². The number of amides is 1. The zero-order valence-corrected chi connectivity index (χ0v) is 12.0. The van der Waals surface area contributed by atoms with Crippen LogP contribution in [0.25, 0.3) is 11.5 Å². The molecule has 0 radical (unpaired) electrons. The number of nitrogens with one attached hydrogen (secondary N) is 2. The Kier molecular flexibility index (Phi) is 4.53. The van der Waals surface area contributed by atoms with Crippen LogP contribution in [-0.4, -0.2) is 24.5 Å². The van der Waals surface area contributed by atoms with E-state index in [0.717, 1.165) is 22.7 Å². The summed E-state index contributed by atoms with van der Waals surface area (Å²) in [6.45, 7) is 4.45. The number of carbonyl (C=O) groups is 1. The van der Waals surface area contributed by atoms with E-state index in [1.807, 2.05) is 45.2 Å². The van der Waals surface area contributed by atoms with Gasteiger partial charge in [0.05, 0.1) is 5.69 Å². The van der Waals surface area contributed by atoms with Crippen molar-refractivity contribution in [3.8, 4) is 11.5 Å². The predicted molar refractivity (Wildman–Crippen MR) is 78.6 cm³/mol. The molecule has 5 heteroatoms. The van der Waals surface area contributed by atoms with Gasteiger partial charge in [-0.2, -0.15) is 0 Å². The zero-order valence-electron chi connectivity index (χ0n) is 12.0. The van der Waals surface area contributed by atoms with Crippen LogP contribution in [-0.2, 0) is 4.79 Å². The van der Waals surface area contributed by atoms with Gasteiger partial charge < -0.3 is 15.1 Å². The summed E-state index contributed by atoms with van der Waals surface area (Å²) in [7, 11) is 1.82. The molecule has 0 fully saturated rings. The minimum Gasteiger partial charge on any atom is -0.441 e. The SMILES string of the molecule is CNCCC(=O)Nc1cccc(-c2nc(C)c(C)o2)c1. The predicted octanol–water partition coefficient (Wildman–Crippen LogP) is 2.51. The van der Waals surface area contributed by atoms with E-state index in [2.05, 4.69) is 15.6 Å². The first kappa shape index (κ1) is 14.3. The minimum absolute atomic E-state index is 0.0173. The molecule has 1 aromatic heterocycles. The quantitative estimate of drug-likeness (QED) is 0.878. The molecule has 1 amide bonds. The Morgan fingerprint density at radius 2 is 2.15 bits per heavy atom.